The van der Waals surface area contributed by atoms with E-state index >= 15 is 0 Å². The number of ether oxygens (including phenoxy) is 1. The topological polar surface area (TPSA) is 140 Å². The predicted octanol–water partition coefficient (Wildman–Crippen LogP) is 7.07. The number of para-hydroxylation sites is 1. The van der Waals surface area contributed by atoms with Gasteiger partial charge in [0.2, 0.25) is 11.8 Å². The quantitative estimate of drug-likeness (QED) is 0.0781. The fourth-order valence-electron chi connectivity index (χ4n) is 4.79. The van der Waals surface area contributed by atoms with Crippen LogP contribution >= 0.6 is 11.8 Å². The molecule has 5 aromatic rings. The van der Waals surface area contributed by atoms with Crippen LogP contribution in [0.25, 0.3) is 6.08 Å². The van der Waals surface area contributed by atoms with Gasteiger partial charge in [-0.15, -0.1) is 11.8 Å². The Bertz CT molecular complexity index is 1970. The highest BCUT2D eigenvalue weighted by Gasteiger charge is 2.23. The van der Waals surface area contributed by atoms with Crippen molar-refractivity contribution < 1.29 is 23.9 Å². The first kappa shape index (κ1) is 34.2. The molecule has 0 aromatic heterocycles. The molecule has 0 bridgehead atoms. The highest BCUT2D eigenvalue weighted by molar-refractivity contribution is 8.00. The lowest BCUT2D eigenvalue weighted by atomic mass is 10.1. The smallest absolute Gasteiger partial charge is 0.272 e. The molecule has 1 atom stereocenters. The molecule has 0 fully saturated rings. The Morgan fingerprint density at radius 3 is 2.10 bits per heavy atom. The molecule has 0 radical (unpaired) electrons. The third-order valence-electron chi connectivity index (χ3n) is 7.17. The summed E-state index contributed by atoms with van der Waals surface area (Å²) in [5.41, 5.74) is 8.46. The maximum atomic E-state index is 13.8. The van der Waals surface area contributed by atoms with Crippen LogP contribution in [0.15, 0.2) is 144 Å². The Morgan fingerprint density at radius 2 is 1.41 bits per heavy atom. The molecule has 5 rings (SSSR count). The van der Waals surface area contributed by atoms with Crippen LogP contribution in [0.3, 0.4) is 0 Å². The number of carbonyl (C=O) groups is 4. The number of anilines is 2. The zero-order valence-corrected chi connectivity index (χ0v) is 27.4. The number of benzene rings is 5. The standard InChI is InChI=1S/C39H34N4O5S/c1-2-48-34-19-10-9-16-29(34)24-33(43-37(45)28-14-7-4-8-15-28)38(46)42-31-17-11-18-32(25-31)49-35(26-12-5-3-6-13-26)39(47)41-30-22-20-27(21-23-30)36(40)44/h3-25,35H,2H2,1H3,(H2,40,44)(H,41,47)(H,42,46)(H,43,45)/b33-24+. The van der Waals surface area contributed by atoms with Crippen LogP contribution in [0.2, 0.25) is 0 Å². The average molecular weight is 671 g/mol. The molecule has 0 saturated carbocycles. The SMILES string of the molecule is CCOc1ccccc1/C=C(/NC(=O)c1ccccc1)C(=O)Nc1cccc(SC(C(=O)Nc2ccc(C(N)=O)cc2)c2ccccc2)c1. The van der Waals surface area contributed by atoms with E-state index in [4.69, 9.17) is 10.5 Å². The first-order valence-corrected chi connectivity index (χ1v) is 16.3. The Kier molecular flexibility index (Phi) is 11.6. The van der Waals surface area contributed by atoms with Crippen molar-refractivity contribution in [3.8, 4) is 5.75 Å². The summed E-state index contributed by atoms with van der Waals surface area (Å²) < 4.78 is 5.74. The van der Waals surface area contributed by atoms with Gasteiger partial charge in [-0.25, -0.2) is 0 Å². The van der Waals surface area contributed by atoms with Crippen LogP contribution in [0.4, 0.5) is 11.4 Å². The van der Waals surface area contributed by atoms with Crippen molar-refractivity contribution in [1.29, 1.82) is 0 Å². The molecule has 4 amide bonds. The molecule has 0 saturated heterocycles. The minimum absolute atomic E-state index is 0.0166. The zero-order valence-electron chi connectivity index (χ0n) is 26.6. The fraction of sp³-hybridized carbons (Fsp3) is 0.0769. The second-order valence-electron chi connectivity index (χ2n) is 10.7. The summed E-state index contributed by atoms with van der Waals surface area (Å²) in [6, 6.07) is 38.6. The molecular weight excluding hydrogens is 637 g/mol. The van der Waals surface area contributed by atoms with Gasteiger partial charge in [-0.2, -0.15) is 0 Å². The van der Waals surface area contributed by atoms with E-state index in [0.717, 1.165) is 5.56 Å². The number of hydrogen-bond acceptors (Lipinski definition) is 6. The second kappa shape index (κ2) is 16.6. The number of carbonyl (C=O) groups excluding carboxylic acids is 4. The van der Waals surface area contributed by atoms with Crippen LogP contribution < -0.4 is 26.4 Å². The van der Waals surface area contributed by atoms with Gasteiger partial charge in [0.1, 0.15) is 16.7 Å². The molecule has 5 N–H and O–H groups in total. The lowest BCUT2D eigenvalue weighted by molar-refractivity contribution is -0.116. The van der Waals surface area contributed by atoms with Crippen molar-refractivity contribution in [2.24, 2.45) is 5.73 Å². The fourth-order valence-corrected chi connectivity index (χ4v) is 5.88. The van der Waals surface area contributed by atoms with Crippen LogP contribution in [0.1, 0.15) is 44.0 Å². The van der Waals surface area contributed by atoms with Crippen LogP contribution in [0, 0.1) is 0 Å². The van der Waals surface area contributed by atoms with Gasteiger partial charge < -0.3 is 26.4 Å². The van der Waals surface area contributed by atoms with E-state index in [1.54, 1.807) is 91.0 Å². The van der Waals surface area contributed by atoms with E-state index in [0.29, 0.717) is 45.3 Å². The molecular formula is C39H34N4O5S. The van der Waals surface area contributed by atoms with Gasteiger partial charge in [0, 0.05) is 33.0 Å². The molecule has 0 aliphatic heterocycles. The van der Waals surface area contributed by atoms with Crippen molar-refractivity contribution >= 4 is 52.8 Å². The molecule has 0 aliphatic carbocycles. The van der Waals surface area contributed by atoms with E-state index in [-0.39, 0.29) is 11.6 Å². The van der Waals surface area contributed by atoms with Gasteiger partial charge in [-0.3, -0.25) is 19.2 Å². The van der Waals surface area contributed by atoms with Crippen LogP contribution in [0.5, 0.6) is 5.75 Å². The highest BCUT2D eigenvalue weighted by Crippen LogP contribution is 2.37. The van der Waals surface area contributed by atoms with Crippen molar-refractivity contribution in [3.05, 3.63) is 161 Å². The van der Waals surface area contributed by atoms with Gasteiger partial charge >= 0.3 is 0 Å². The number of thioether (sulfide) groups is 1. The monoisotopic (exact) mass is 670 g/mol. The average Bonchev–Trinajstić information content (AvgIpc) is 3.12. The minimum atomic E-state index is -0.654. The normalized spacial score (nSPS) is 11.6. The van der Waals surface area contributed by atoms with Crippen molar-refractivity contribution in [2.45, 2.75) is 17.1 Å². The summed E-state index contributed by atoms with van der Waals surface area (Å²) in [6.07, 6.45) is 1.57. The maximum absolute atomic E-state index is 13.8. The molecule has 49 heavy (non-hydrogen) atoms. The summed E-state index contributed by atoms with van der Waals surface area (Å²) in [5.74, 6) is -1.26. The third kappa shape index (κ3) is 9.46. The Morgan fingerprint density at radius 1 is 0.735 bits per heavy atom. The van der Waals surface area contributed by atoms with Gasteiger partial charge in [-0.1, -0.05) is 72.8 Å². The first-order chi connectivity index (χ1) is 23.8. The summed E-state index contributed by atoms with van der Waals surface area (Å²) in [4.78, 5) is 52.7. The lowest BCUT2D eigenvalue weighted by Crippen LogP contribution is -2.30. The van der Waals surface area contributed by atoms with Crippen molar-refractivity contribution in [2.75, 3.05) is 17.2 Å². The van der Waals surface area contributed by atoms with Crippen LogP contribution in [-0.2, 0) is 9.59 Å². The predicted molar refractivity (Wildman–Crippen MR) is 193 cm³/mol. The molecule has 10 heteroatoms. The summed E-state index contributed by atoms with van der Waals surface area (Å²) in [7, 11) is 0. The van der Waals surface area contributed by atoms with Crippen molar-refractivity contribution in [3.63, 3.8) is 0 Å². The highest BCUT2D eigenvalue weighted by atomic mass is 32.2. The van der Waals surface area contributed by atoms with Gasteiger partial charge in [0.25, 0.3) is 11.8 Å². The van der Waals surface area contributed by atoms with E-state index in [1.165, 1.54) is 11.8 Å². The first-order valence-electron chi connectivity index (χ1n) is 15.4. The molecule has 9 nitrogen and oxygen atoms in total. The second-order valence-corrected chi connectivity index (χ2v) is 11.8. The largest absolute Gasteiger partial charge is 0.493 e. The number of nitrogens with two attached hydrogens (primary N) is 1. The number of primary amides is 1. The van der Waals surface area contributed by atoms with Crippen LogP contribution in [-0.4, -0.2) is 30.2 Å². The molecule has 0 aliphatic rings. The van der Waals surface area contributed by atoms with E-state index in [2.05, 4.69) is 16.0 Å². The summed E-state index contributed by atoms with van der Waals surface area (Å²) >= 11 is 1.31. The van der Waals surface area contributed by atoms with E-state index in [9.17, 15) is 19.2 Å². The lowest BCUT2D eigenvalue weighted by Gasteiger charge is -2.18. The number of rotatable bonds is 13. The number of amides is 4. The summed E-state index contributed by atoms with van der Waals surface area (Å²) in [5, 5.41) is 7.91. The van der Waals surface area contributed by atoms with Gasteiger partial charge in [-0.05, 0) is 79.2 Å². The Hall–Kier alpha value is -6.13. The Labute approximate surface area is 288 Å². The molecule has 246 valence electrons. The molecule has 0 spiro atoms. The van der Waals surface area contributed by atoms with Gasteiger partial charge in [0.05, 0.1) is 6.61 Å². The Balaban J connectivity index is 1.39. The van der Waals surface area contributed by atoms with E-state index < -0.39 is 23.0 Å². The minimum Gasteiger partial charge on any atom is -0.493 e. The molecule has 0 heterocycles. The zero-order chi connectivity index (χ0) is 34.6. The van der Waals surface area contributed by atoms with Crippen molar-refractivity contribution in [1.82, 2.24) is 5.32 Å². The third-order valence-corrected chi connectivity index (χ3v) is 8.42. The van der Waals surface area contributed by atoms with E-state index in [1.807, 2.05) is 55.5 Å². The number of hydrogen-bond donors (Lipinski definition) is 4. The van der Waals surface area contributed by atoms with Gasteiger partial charge in [0.15, 0.2) is 0 Å². The maximum Gasteiger partial charge on any atom is 0.272 e. The molecule has 1 unspecified atom stereocenters. The molecule has 5 aromatic carbocycles. The number of nitrogens with one attached hydrogen (secondary N) is 3. The summed E-state index contributed by atoms with van der Waals surface area (Å²) in [6.45, 7) is 2.29.